The van der Waals surface area contributed by atoms with E-state index in [1.165, 1.54) is 0 Å². The summed E-state index contributed by atoms with van der Waals surface area (Å²) in [5, 5.41) is 2.84. The number of nitrogens with zero attached hydrogens (tertiary/aromatic N) is 3. The number of guanidine groups is 1. The minimum atomic E-state index is -0.965. The van der Waals surface area contributed by atoms with Crippen molar-refractivity contribution in [1.82, 2.24) is 15.1 Å². The van der Waals surface area contributed by atoms with Crippen molar-refractivity contribution in [3.63, 3.8) is 0 Å². The number of hydrogen-bond donors (Lipinski definition) is 1. The summed E-state index contributed by atoms with van der Waals surface area (Å²) >= 11 is 0. The van der Waals surface area contributed by atoms with E-state index < -0.39 is 17.9 Å². The molecular formula is C20H28N4O3. The Morgan fingerprint density at radius 1 is 1.26 bits per heavy atom. The summed E-state index contributed by atoms with van der Waals surface area (Å²) in [6.45, 7) is 10.6. The molecule has 0 radical (unpaired) electrons. The molecule has 3 rings (SSSR count). The van der Waals surface area contributed by atoms with Crippen LogP contribution in [0.15, 0.2) is 29.3 Å². The summed E-state index contributed by atoms with van der Waals surface area (Å²) in [7, 11) is 0. The van der Waals surface area contributed by atoms with E-state index in [1.54, 1.807) is 6.92 Å². The predicted octanol–water partition coefficient (Wildman–Crippen LogP) is 1.34. The SMILES string of the molecule is CCOC(=O)[C@H]1C(=O)NC(N2CCN(CC)CC2)=N[C@H]1c1cccc(C)c1. The Labute approximate surface area is 160 Å². The van der Waals surface area contributed by atoms with Gasteiger partial charge < -0.3 is 14.5 Å². The van der Waals surface area contributed by atoms with Crippen molar-refractivity contribution in [2.45, 2.75) is 26.8 Å². The maximum absolute atomic E-state index is 12.8. The van der Waals surface area contributed by atoms with Crippen LogP contribution in [-0.2, 0) is 14.3 Å². The third-order valence-corrected chi connectivity index (χ3v) is 5.14. The second-order valence-electron chi connectivity index (χ2n) is 6.95. The van der Waals surface area contributed by atoms with Gasteiger partial charge in [0, 0.05) is 26.2 Å². The number of piperazine rings is 1. The lowest BCUT2D eigenvalue weighted by molar-refractivity contribution is -0.153. The number of rotatable bonds is 4. The number of ether oxygens (including phenoxy) is 1. The van der Waals surface area contributed by atoms with Crippen LogP contribution in [-0.4, -0.2) is 67.0 Å². The van der Waals surface area contributed by atoms with Crippen LogP contribution in [0.3, 0.4) is 0 Å². The second-order valence-corrected chi connectivity index (χ2v) is 6.95. The number of hydrogen-bond acceptors (Lipinski definition) is 6. The Bertz CT molecular complexity index is 726. The number of nitrogens with one attached hydrogen (secondary N) is 1. The molecule has 0 unspecified atom stereocenters. The molecule has 0 bridgehead atoms. The first-order chi connectivity index (χ1) is 13.0. The maximum Gasteiger partial charge on any atom is 0.321 e. The summed E-state index contributed by atoms with van der Waals surface area (Å²) < 4.78 is 5.15. The fourth-order valence-electron chi connectivity index (χ4n) is 3.60. The van der Waals surface area contributed by atoms with Crippen LogP contribution in [0, 0.1) is 12.8 Å². The smallest absolute Gasteiger partial charge is 0.321 e. The molecular weight excluding hydrogens is 344 g/mol. The summed E-state index contributed by atoms with van der Waals surface area (Å²) in [6, 6.07) is 7.23. The van der Waals surface area contributed by atoms with Crippen molar-refractivity contribution in [3.05, 3.63) is 35.4 Å². The van der Waals surface area contributed by atoms with Gasteiger partial charge in [-0.05, 0) is 26.0 Å². The number of benzene rings is 1. The number of carbonyl (C=O) groups is 2. The third-order valence-electron chi connectivity index (χ3n) is 5.14. The summed E-state index contributed by atoms with van der Waals surface area (Å²) in [4.78, 5) is 34.5. The molecule has 0 spiro atoms. The molecule has 0 aromatic heterocycles. The van der Waals surface area contributed by atoms with Crippen LogP contribution in [0.1, 0.15) is 31.0 Å². The van der Waals surface area contributed by atoms with Crippen LogP contribution in [0.4, 0.5) is 0 Å². The normalized spacial score (nSPS) is 23.6. The summed E-state index contributed by atoms with van der Waals surface area (Å²) in [5.74, 6) is -1.28. The minimum Gasteiger partial charge on any atom is -0.465 e. The van der Waals surface area contributed by atoms with Gasteiger partial charge in [-0.3, -0.25) is 14.9 Å². The Kier molecular flexibility index (Phi) is 6.11. The van der Waals surface area contributed by atoms with E-state index in [9.17, 15) is 9.59 Å². The standard InChI is InChI=1S/C20H28N4O3/c1-4-23-9-11-24(12-10-23)20-21-17(15-8-6-7-14(3)13-15)16(18(25)22-20)19(26)27-5-2/h6-8,13,16-17H,4-5,9-12H2,1-3H3,(H,21,22,25)/t16-,17+/m1/s1. The maximum atomic E-state index is 12.8. The van der Waals surface area contributed by atoms with Gasteiger partial charge in [0.05, 0.1) is 6.61 Å². The molecule has 0 aliphatic carbocycles. The lowest BCUT2D eigenvalue weighted by Crippen LogP contribution is -2.57. The van der Waals surface area contributed by atoms with E-state index in [-0.39, 0.29) is 12.5 Å². The van der Waals surface area contributed by atoms with Crippen LogP contribution in [0.2, 0.25) is 0 Å². The van der Waals surface area contributed by atoms with Crippen molar-refractivity contribution in [2.75, 3.05) is 39.3 Å². The van der Waals surface area contributed by atoms with Crippen molar-refractivity contribution >= 4 is 17.8 Å². The van der Waals surface area contributed by atoms with Gasteiger partial charge >= 0.3 is 5.97 Å². The lowest BCUT2D eigenvalue weighted by Gasteiger charge is -2.38. The van der Waals surface area contributed by atoms with E-state index in [0.717, 1.165) is 43.9 Å². The molecule has 27 heavy (non-hydrogen) atoms. The molecule has 2 aliphatic heterocycles. The molecule has 1 saturated heterocycles. The number of amides is 1. The number of likely N-dealkylation sites (N-methyl/N-ethyl adjacent to an activating group) is 1. The number of aryl methyl sites for hydroxylation is 1. The summed E-state index contributed by atoms with van der Waals surface area (Å²) in [5.41, 5.74) is 1.92. The third kappa shape index (κ3) is 4.30. The van der Waals surface area contributed by atoms with Crippen LogP contribution in [0.5, 0.6) is 0 Å². The van der Waals surface area contributed by atoms with Crippen LogP contribution < -0.4 is 5.32 Å². The highest BCUT2D eigenvalue weighted by Crippen LogP contribution is 2.31. The van der Waals surface area contributed by atoms with Crippen molar-refractivity contribution in [2.24, 2.45) is 10.9 Å². The fourth-order valence-corrected chi connectivity index (χ4v) is 3.60. The first kappa shape index (κ1) is 19.4. The first-order valence-corrected chi connectivity index (χ1v) is 9.62. The fraction of sp³-hybridized carbons (Fsp3) is 0.550. The quantitative estimate of drug-likeness (QED) is 0.638. The molecule has 1 aromatic carbocycles. The second kappa shape index (κ2) is 8.52. The van der Waals surface area contributed by atoms with E-state index in [4.69, 9.17) is 9.73 Å². The zero-order chi connectivity index (χ0) is 19.4. The number of aliphatic imine (C=N–C) groups is 1. The van der Waals surface area contributed by atoms with Crippen molar-refractivity contribution in [3.8, 4) is 0 Å². The highest BCUT2D eigenvalue weighted by atomic mass is 16.5. The average Bonchev–Trinajstić information content (AvgIpc) is 2.67. The van der Waals surface area contributed by atoms with Gasteiger partial charge in [-0.2, -0.15) is 0 Å². The molecule has 1 amide bonds. The molecule has 1 aromatic rings. The minimum absolute atomic E-state index is 0.235. The number of carbonyl (C=O) groups excluding carboxylic acids is 2. The highest BCUT2D eigenvalue weighted by molar-refractivity contribution is 6.08. The highest BCUT2D eigenvalue weighted by Gasteiger charge is 2.42. The molecule has 146 valence electrons. The molecule has 1 N–H and O–H groups in total. The van der Waals surface area contributed by atoms with Crippen molar-refractivity contribution in [1.29, 1.82) is 0 Å². The molecule has 1 fully saturated rings. The topological polar surface area (TPSA) is 74.2 Å². The first-order valence-electron chi connectivity index (χ1n) is 9.62. The molecule has 0 saturated carbocycles. The van der Waals surface area contributed by atoms with Crippen LogP contribution >= 0.6 is 0 Å². The van der Waals surface area contributed by atoms with Gasteiger partial charge in [-0.15, -0.1) is 0 Å². The van der Waals surface area contributed by atoms with E-state index in [0.29, 0.717) is 5.96 Å². The Balaban J connectivity index is 1.91. The monoisotopic (exact) mass is 372 g/mol. The lowest BCUT2D eigenvalue weighted by atomic mass is 9.90. The van der Waals surface area contributed by atoms with Gasteiger partial charge in [0.1, 0.15) is 6.04 Å². The van der Waals surface area contributed by atoms with Gasteiger partial charge in [-0.1, -0.05) is 36.8 Å². The average molecular weight is 372 g/mol. The molecule has 2 atom stereocenters. The van der Waals surface area contributed by atoms with Gasteiger partial charge in [-0.25, -0.2) is 4.99 Å². The van der Waals surface area contributed by atoms with Gasteiger partial charge in [0.25, 0.3) is 0 Å². The Morgan fingerprint density at radius 2 is 2.00 bits per heavy atom. The largest absolute Gasteiger partial charge is 0.465 e. The predicted molar refractivity (Wildman–Crippen MR) is 103 cm³/mol. The zero-order valence-corrected chi connectivity index (χ0v) is 16.3. The molecule has 2 aliphatic rings. The van der Waals surface area contributed by atoms with Crippen molar-refractivity contribution < 1.29 is 14.3 Å². The summed E-state index contributed by atoms with van der Waals surface area (Å²) in [6.07, 6.45) is 0. The van der Waals surface area contributed by atoms with E-state index in [2.05, 4.69) is 22.0 Å². The number of esters is 1. The van der Waals surface area contributed by atoms with Gasteiger partial charge in [0.2, 0.25) is 11.9 Å². The zero-order valence-electron chi connectivity index (χ0n) is 16.3. The molecule has 7 nitrogen and oxygen atoms in total. The molecule has 2 heterocycles. The Hall–Kier alpha value is -2.41. The molecule has 7 heteroatoms. The van der Waals surface area contributed by atoms with Gasteiger partial charge in [0.15, 0.2) is 5.92 Å². The van der Waals surface area contributed by atoms with Crippen LogP contribution in [0.25, 0.3) is 0 Å². The Morgan fingerprint density at radius 3 is 2.63 bits per heavy atom. The van der Waals surface area contributed by atoms with E-state index >= 15 is 0 Å². The van der Waals surface area contributed by atoms with E-state index in [1.807, 2.05) is 31.2 Å².